The molecule has 0 radical (unpaired) electrons. The van der Waals surface area contributed by atoms with Crippen LogP contribution in [0.5, 0.6) is 11.6 Å². The molecular weight excluding hydrogens is 361 g/mol. The lowest BCUT2D eigenvalue weighted by Crippen LogP contribution is -2.33. The quantitative estimate of drug-likeness (QED) is 0.629. The van der Waals surface area contributed by atoms with Crippen LogP contribution in [-0.4, -0.2) is 26.9 Å². The lowest BCUT2D eigenvalue weighted by molar-refractivity contribution is 0.421. The van der Waals surface area contributed by atoms with E-state index >= 15 is 0 Å². The van der Waals surface area contributed by atoms with E-state index in [0.29, 0.717) is 5.56 Å². The van der Waals surface area contributed by atoms with Crippen molar-refractivity contribution in [3.63, 3.8) is 0 Å². The molecule has 0 atom stereocenters. The Hall–Kier alpha value is -1.61. The Morgan fingerprint density at radius 3 is 2.50 bits per heavy atom. The van der Waals surface area contributed by atoms with E-state index in [1.165, 1.54) is 13.1 Å². The lowest BCUT2D eigenvalue weighted by Gasteiger charge is -2.14. The molecule has 1 heterocycles. The molecule has 0 aliphatic heterocycles. The predicted octanol–water partition coefficient (Wildman–Crippen LogP) is 1.82. The van der Waals surface area contributed by atoms with Gasteiger partial charge >= 0.3 is 7.12 Å². The van der Waals surface area contributed by atoms with E-state index < -0.39 is 23.4 Å². The maximum Gasteiger partial charge on any atom is 0.491 e. The van der Waals surface area contributed by atoms with Crippen LogP contribution in [0.2, 0.25) is 10.0 Å². The highest BCUT2D eigenvalue weighted by Gasteiger charge is 2.25. The molecule has 2 N–H and O–H groups in total. The standard InChI is InChI=1S/C14H14BCl2FN2O4/c1-6(2)7-4-10(19-20(3)14(7)21)24-13-9(16)5-8(15(22)23)12(18)11(13)17/h4-6,22-23H,1-3H3. The Labute approximate surface area is 147 Å². The molecule has 0 aliphatic carbocycles. The van der Waals surface area contributed by atoms with Crippen molar-refractivity contribution in [1.82, 2.24) is 9.78 Å². The van der Waals surface area contributed by atoms with E-state index in [0.717, 1.165) is 10.7 Å². The van der Waals surface area contributed by atoms with Gasteiger partial charge in [-0.25, -0.2) is 9.07 Å². The molecule has 0 unspecified atom stereocenters. The van der Waals surface area contributed by atoms with Gasteiger partial charge in [-0.15, -0.1) is 5.10 Å². The third kappa shape index (κ3) is 3.56. The highest BCUT2D eigenvalue weighted by atomic mass is 35.5. The van der Waals surface area contributed by atoms with Crippen LogP contribution >= 0.6 is 23.2 Å². The van der Waals surface area contributed by atoms with Crippen LogP contribution in [0, 0.1) is 5.82 Å². The number of hydrogen-bond acceptors (Lipinski definition) is 5. The second-order valence-corrected chi connectivity index (χ2v) is 6.19. The van der Waals surface area contributed by atoms with Gasteiger partial charge in [0.25, 0.3) is 5.56 Å². The number of halogens is 3. The van der Waals surface area contributed by atoms with Gasteiger partial charge in [0.05, 0.1) is 5.02 Å². The molecule has 0 aliphatic rings. The van der Waals surface area contributed by atoms with E-state index in [-0.39, 0.29) is 28.1 Å². The first-order chi connectivity index (χ1) is 11.1. The predicted molar refractivity (Wildman–Crippen MR) is 89.9 cm³/mol. The Balaban J connectivity index is 2.53. The van der Waals surface area contributed by atoms with E-state index in [9.17, 15) is 9.18 Å². The van der Waals surface area contributed by atoms with Crippen LogP contribution in [0.1, 0.15) is 25.3 Å². The number of aromatic nitrogens is 2. The van der Waals surface area contributed by atoms with Gasteiger partial charge in [0.15, 0.2) is 5.75 Å². The molecule has 1 aromatic carbocycles. The topological polar surface area (TPSA) is 84.6 Å². The highest BCUT2D eigenvalue weighted by molar-refractivity contribution is 6.59. The van der Waals surface area contributed by atoms with E-state index in [2.05, 4.69) is 5.10 Å². The number of nitrogens with zero attached hydrogens (tertiary/aromatic N) is 2. The summed E-state index contributed by atoms with van der Waals surface area (Å²) in [6.45, 7) is 3.66. The lowest BCUT2D eigenvalue weighted by atomic mass is 9.80. The number of aryl methyl sites for hydroxylation is 1. The SMILES string of the molecule is CC(C)c1cc(Oc2c(Cl)cc(B(O)O)c(F)c2Cl)nn(C)c1=O. The molecule has 1 aromatic heterocycles. The third-order valence-electron chi connectivity index (χ3n) is 3.32. The minimum atomic E-state index is -2.07. The van der Waals surface area contributed by atoms with Gasteiger partial charge in [-0.1, -0.05) is 37.0 Å². The minimum Gasteiger partial charge on any atom is -0.434 e. The molecule has 0 fully saturated rings. The summed E-state index contributed by atoms with van der Waals surface area (Å²) >= 11 is 11.8. The monoisotopic (exact) mass is 374 g/mol. The average Bonchev–Trinajstić information content (AvgIpc) is 2.49. The van der Waals surface area contributed by atoms with Gasteiger partial charge in [0.1, 0.15) is 10.8 Å². The molecule has 0 amide bonds. The largest absolute Gasteiger partial charge is 0.491 e. The van der Waals surface area contributed by atoms with Crippen LogP contribution in [0.25, 0.3) is 0 Å². The summed E-state index contributed by atoms with van der Waals surface area (Å²) < 4.78 is 20.6. The Morgan fingerprint density at radius 2 is 1.96 bits per heavy atom. The molecule has 0 bridgehead atoms. The first-order valence-electron chi connectivity index (χ1n) is 6.93. The summed E-state index contributed by atoms with van der Waals surface area (Å²) in [5.74, 6) is -1.38. The molecule has 6 nitrogen and oxygen atoms in total. The zero-order chi connectivity index (χ0) is 18.2. The summed E-state index contributed by atoms with van der Waals surface area (Å²) in [7, 11) is -0.618. The van der Waals surface area contributed by atoms with Crippen molar-refractivity contribution in [3.05, 3.63) is 43.9 Å². The Bertz CT molecular complexity index is 842. The number of hydrogen-bond donors (Lipinski definition) is 2. The fraction of sp³-hybridized carbons (Fsp3) is 0.286. The Kier molecular flexibility index (Phi) is 5.54. The molecule has 0 saturated carbocycles. The van der Waals surface area contributed by atoms with Crippen molar-refractivity contribution in [2.45, 2.75) is 19.8 Å². The van der Waals surface area contributed by atoms with Crippen molar-refractivity contribution < 1.29 is 19.2 Å². The molecule has 128 valence electrons. The van der Waals surface area contributed by atoms with Crippen molar-refractivity contribution in [2.24, 2.45) is 7.05 Å². The van der Waals surface area contributed by atoms with Crippen LogP contribution in [-0.2, 0) is 7.05 Å². The van der Waals surface area contributed by atoms with Gasteiger partial charge in [-0.05, 0) is 12.0 Å². The first kappa shape index (κ1) is 18.7. The van der Waals surface area contributed by atoms with Crippen LogP contribution < -0.4 is 15.8 Å². The normalized spacial score (nSPS) is 11.0. The zero-order valence-corrected chi connectivity index (χ0v) is 14.6. The maximum atomic E-state index is 14.1. The second kappa shape index (κ2) is 7.10. The number of rotatable bonds is 4. The molecule has 24 heavy (non-hydrogen) atoms. The Morgan fingerprint density at radius 1 is 1.33 bits per heavy atom. The summed E-state index contributed by atoms with van der Waals surface area (Å²) in [6.07, 6.45) is 0. The van der Waals surface area contributed by atoms with E-state index in [1.807, 2.05) is 13.8 Å². The van der Waals surface area contributed by atoms with Gasteiger partial charge < -0.3 is 14.8 Å². The third-order valence-corrected chi connectivity index (χ3v) is 3.94. The van der Waals surface area contributed by atoms with Crippen LogP contribution in [0.15, 0.2) is 16.9 Å². The minimum absolute atomic E-state index is 0.00120. The summed E-state index contributed by atoms with van der Waals surface area (Å²) in [4.78, 5) is 12.0. The van der Waals surface area contributed by atoms with E-state index in [4.69, 9.17) is 38.0 Å². The summed E-state index contributed by atoms with van der Waals surface area (Å²) in [5, 5.41) is 21.5. The van der Waals surface area contributed by atoms with Crippen molar-refractivity contribution >= 4 is 35.8 Å². The van der Waals surface area contributed by atoms with Crippen molar-refractivity contribution in [3.8, 4) is 11.6 Å². The summed E-state index contributed by atoms with van der Waals surface area (Å²) in [6, 6.07) is 2.42. The fourth-order valence-electron chi connectivity index (χ4n) is 2.05. The van der Waals surface area contributed by atoms with Crippen LogP contribution in [0.4, 0.5) is 4.39 Å². The molecule has 0 spiro atoms. The highest BCUT2D eigenvalue weighted by Crippen LogP contribution is 2.37. The molecular formula is C14H14BCl2FN2O4. The maximum absolute atomic E-state index is 14.1. The summed E-state index contributed by atoms with van der Waals surface area (Å²) in [5.41, 5.74) is -0.300. The second-order valence-electron chi connectivity index (χ2n) is 5.40. The van der Waals surface area contributed by atoms with Crippen LogP contribution in [0.3, 0.4) is 0 Å². The van der Waals surface area contributed by atoms with Gasteiger partial charge in [-0.3, -0.25) is 4.79 Å². The van der Waals surface area contributed by atoms with Gasteiger partial charge in [-0.2, -0.15) is 0 Å². The zero-order valence-electron chi connectivity index (χ0n) is 13.0. The smallest absolute Gasteiger partial charge is 0.434 e. The molecule has 2 aromatic rings. The first-order valence-corrected chi connectivity index (χ1v) is 7.68. The van der Waals surface area contributed by atoms with Crippen molar-refractivity contribution in [2.75, 3.05) is 0 Å². The van der Waals surface area contributed by atoms with Gasteiger partial charge in [0.2, 0.25) is 5.88 Å². The number of benzene rings is 1. The molecule has 2 rings (SSSR count). The fourth-order valence-corrected chi connectivity index (χ4v) is 2.60. The number of ether oxygens (including phenoxy) is 1. The average molecular weight is 375 g/mol. The van der Waals surface area contributed by atoms with E-state index in [1.54, 1.807) is 0 Å². The van der Waals surface area contributed by atoms with Crippen molar-refractivity contribution in [1.29, 1.82) is 0 Å². The molecule has 0 saturated heterocycles. The molecule has 10 heteroatoms. The van der Waals surface area contributed by atoms with Gasteiger partial charge in [0, 0.05) is 24.1 Å².